The molecule has 1 unspecified atom stereocenters. The van der Waals surface area contributed by atoms with Gasteiger partial charge in [0, 0.05) is 25.4 Å². The lowest BCUT2D eigenvalue weighted by molar-refractivity contribution is -0.128. The van der Waals surface area contributed by atoms with Crippen molar-refractivity contribution in [3.8, 4) is 0 Å². The summed E-state index contributed by atoms with van der Waals surface area (Å²) in [4.78, 5) is 13.6. The van der Waals surface area contributed by atoms with Crippen LogP contribution in [0, 0.1) is 5.92 Å². The minimum atomic E-state index is -1.68. The highest BCUT2D eigenvalue weighted by Gasteiger charge is 2.37. The Morgan fingerprint density at radius 1 is 1.50 bits per heavy atom. The highest BCUT2D eigenvalue weighted by Crippen LogP contribution is 2.36. The molecule has 1 rings (SSSR count). The number of carbonyl (C=O) groups is 1. The average molecular weight is 269 g/mol. The van der Waals surface area contributed by atoms with Crippen LogP contribution in [-0.2, 0) is 9.22 Å². The third kappa shape index (κ3) is 3.69. The number of likely N-dealkylation sites (tertiary alicyclic amines) is 1. The van der Waals surface area contributed by atoms with Gasteiger partial charge in [0.2, 0.25) is 5.91 Å². The van der Waals surface area contributed by atoms with Gasteiger partial charge in [0.1, 0.15) is 0 Å². The lowest BCUT2D eigenvalue weighted by Gasteiger charge is -2.36. The number of hydrogen-bond acceptors (Lipinski definition) is 2. The number of hydrogen-bond donors (Lipinski definition) is 0. The third-order valence-corrected chi connectivity index (χ3v) is 8.75. The van der Waals surface area contributed by atoms with E-state index in [1.807, 2.05) is 11.0 Å². The maximum Gasteiger partial charge on any atom is 0.223 e. The molecule has 0 saturated carbocycles. The first kappa shape index (κ1) is 15.4. The van der Waals surface area contributed by atoms with Crippen LogP contribution in [0.1, 0.15) is 27.2 Å². The third-order valence-electron chi connectivity index (χ3n) is 4.21. The fourth-order valence-electron chi connectivity index (χ4n) is 1.80. The fourth-order valence-corrected chi connectivity index (χ4v) is 2.84. The van der Waals surface area contributed by atoms with E-state index in [0.717, 1.165) is 13.1 Å². The molecule has 0 radical (unpaired) electrons. The molecule has 1 amide bonds. The standard InChI is InChI=1S/C14H27NO2Si/c1-7-12-10-13(16)15(11-12)8-9-17-18(5,6)14(2,3)4/h7,12H,1,8-11H2,2-6H3. The molecular formula is C14H27NO2Si. The van der Waals surface area contributed by atoms with Crippen LogP contribution in [0.15, 0.2) is 12.7 Å². The van der Waals surface area contributed by atoms with Gasteiger partial charge in [-0.15, -0.1) is 6.58 Å². The molecule has 4 heteroatoms. The van der Waals surface area contributed by atoms with Gasteiger partial charge >= 0.3 is 0 Å². The molecule has 1 atom stereocenters. The summed E-state index contributed by atoms with van der Waals surface area (Å²) in [5, 5.41) is 0.228. The predicted molar refractivity (Wildman–Crippen MR) is 78.0 cm³/mol. The van der Waals surface area contributed by atoms with Gasteiger partial charge in [-0.25, -0.2) is 0 Å². The fraction of sp³-hybridized carbons (Fsp3) is 0.786. The second-order valence-electron chi connectivity index (χ2n) is 6.65. The molecule has 0 aromatic carbocycles. The minimum absolute atomic E-state index is 0.228. The van der Waals surface area contributed by atoms with E-state index >= 15 is 0 Å². The largest absolute Gasteiger partial charge is 0.415 e. The van der Waals surface area contributed by atoms with E-state index in [0.29, 0.717) is 18.9 Å². The first-order valence-corrected chi connectivity index (χ1v) is 9.62. The van der Waals surface area contributed by atoms with Crippen molar-refractivity contribution < 1.29 is 9.22 Å². The SMILES string of the molecule is C=CC1CC(=O)N(CCO[Si](C)(C)C(C)(C)C)C1. The molecule has 3 nitrogen and oxygen atoms in total. The second-order valence-corrected chi connectivity index (χ2v) is 11.5. The molecule has 1 saturated heterocycles. The van der Waals surface area contributed by atoms with E-state index in [1.165, 1.54) is 0 Å². The van der Waals surface area contributed by atoms with Gasteiger partial charge in [0.05, 0.1) is 6.61 Å². The van der Waals surface area contributed by atoms with Crippen LogP contribution in [0.2, 0.25) is 18.1 Å². The van der Waals surface area contributed by atoms with Crippen molar-refractivity contribution >= 4 is 14.2 Å². The van der Waals surface area contributed by atoms with Crippen molar-refractivity contribution in [2.75, 3.05) is 19.7 Å². The molecule has 18 heavy (non-hydrogen) atoms. The van der Waals surface area contributed by atoms with Gasteiger partial charge in [0.25, 0.3) is 0 Å². The Labute approximate surface area is 112 Å². The van der Waals surface area contributed by atoms with Crippen LogP contribution >= 0.6 is 0 Å². The summed E-state index contributed by atoms with van der Waals surface area (Å²) >= 11 is 0. The lowest BCUT2D eigenvalue weighted by Crippen LogP contribution is -2.43. The number of carbonyl (C=O) groups excluding carboxylic acids is 1. The number of rotatable bonds is 5. The Hall–Kier alpha value is -0.613. The Morgan fingerprint density at radius 3 is 2.56 bits per heavy atom. The first-order chi connectivity index (χ1) is 8.17. The quantitative estimate of drug-likeness (QED) is 0.567. The highest BCUT2D eigenvalue weighted by atomic mass is 28.4. The zero-order valence-corrected chi connectivity index (χ0v) is 13.5. The summed E-state index contributed by atoms with van der Waals surface area (Å²) in [6.07, 6.45) is 2.50. The van der Waals surface area contributed by atoms with Crippen LogP contribution in [0.5, 0.6) is 0 Å². The van der Waals surface area contributed by atoms with Gasteiger partial charge < -0.3 is 9.33 Å². The van der Waals surface area contributed by atoms with Gasteiger partial charge in [0.15, 0.2) is 8.32 Å². The van der Waals surface area contributed by atoms with Crippen LogP contribution in [0.4, 0.5) is 0 Å². The molecule has 0 aromatic rings. The first-order valence-electron chi connectivity index (χ1n) is 6.71. The van der Waals surface area contributed by atoms with E-state index in [1.54, 1.807) is 0 Å². The number of amides is 1. The second kappa shape index (κ2) is 5.57. The molecule has 104 valence electrons. The van der Waals surface area contributed by atoms with E-state index < -0.39 is 8.32 Å². The molecule has 0 spiro atoms. The van der Waals surface area contributed by atoms with E-state index in [4.69, 9.17) is 4.43 Å². The van der Waals surface area contributed by atoms with Crippen LogP contribution < -0.4 is 0 Å². The van der Waals surface area contributed by atoms with Crippen LogP contribution in [0.25, 0.3) is 0 Å². The summed E-state index contributed by atoms with van der Waals surface area (Å²) < 4.78 is 6.09. The van der Waals surface area contributed by atoms with Crippen molar-refractivity contribution in [3.63, 3.8) is 0 Å². The lowest BCUT2D eigenvalue weighted by atomic mass is 10.1. The van der Waals surface area contributed by atoms with E-state index in [-0.39, 0.29) is 10.9 Å². The molecule has 1 heterocycles. The Kier molecular flexibility index (Phi) is 4.78. The molecule has 0 N–H and O–H groups in total. The minimum Gasteiger partial charge on any atom is -0.415 e. The van der Waals surface area contributed by atoms with Gasteiger partial charge in [-0.3, -0.25) is 4.79 Å². The maximum absolute atomic E-state index is 11.7. The van der Waals surface area contributed by atoms with Crippen molar-refractivity contribution in [1.29, 1.82) is 0 Å². The van der Waals surface area contributed by atoms with Crippen molar-refractivity contribution in [2.45, 2.75) is 45.3 Å². The van der Waals surface area contributed by atoms with Crippen molar-refractivity contribution in [3.05, 3.63) is 12.7 Å². The summed E-state index contributed by atoms with van der Waals surface area (Å²) in [6, 6.07) is 0. The summed E-state index contributed by atoms with van der Waals surface area (Å²) in [7, 11) is -1.68. The molecule has 0 bridgehead atoms. The average Bonchev–Trinajstić information content (AvgIpc) is 2.58. The van der Waals surface area contributed by atoms with Crippen molar-refractivity contribution in [2.24, 2.45) is 5.92 Å². The molecular weight excluding hydrogens is 242 g/mol. The smallest absolute Gasteiger partial charge is 0.223 e. The summed E-state index contributed by atoms with van der Waals surface area (Å²) in [6.45, 7) is 17.1. The monoisotopic (exact) mass is 269 g/mol. The zero-order chi connectivity index (χ0) is 14.0. The summed E-state index contributed by atoms with van der Waals surface area (Å²) in [5.41, 5.74) is 0. The maximum atomic E-state index is 11.7. The topological polar surface area (TPSA) is 29.5 Å². The summed E-state index contributed by atoms with van der Waals surface area (Å²) in [5.74, 6) is 0.559. The highest BCUT2D eigenvalue weighted by molar-refractivity contribution is 6.74. The van der Waals surface area contributed by atoms with Crippen LogP contribution in [0.3, 0.4) is 0 Å². The molecule has 1 fully saturated rings. The predicted octanol–water partition coefficient (Wildman–Crippen LogP) is 3.04. The normalized spacial score (nSPS) is 21.5. The molecule has 0 aliphatic carbocycles. The van der Waals surface area contributed by atoms with E-state index in [9.17, 15) is 4.79 Å². The Bertz CT molecular complexity index is 320. The van der Waals surface area contributed by atoms with Crippen molar-refractivity contribution in [1.82, 2.24) is 4.90 Å². The molecule has 1 aliphatic heterocycles. The molecule has 0 aromatic heterocycles. The van der Waals surface area contributed by atoms with E-state index in [2.05, 4.69) is 40.4 Å². The van der Waals surface area contributed by atoms with Gasteiger partial charge in [-0.2, -0.15) is 0 Å². The van der Waals surface area contributed by atoms with Gasteiger partial charge in [-0.05, 0) is 18.1 Å². The Balaban J connectivity index is 2.39. The Morgan fingerprint density at radius 2 is 2.11 bits per heavy atom. The van der Waals surface area contributed by atoms with Gasteiger partial charge in [-0.1, -0.05) is 26.8 Å². The molecule has 1 aliphatic rings. The zero-order valence-electron chi connectivity index (χ0n) is 12.5. The number of nitrogens with zero attached hydrogens (tertiary/aromatic N) is 1. The van der Waals surface area contributed by atoms with Crippen LogP contribution in [-0.4, -0.2) is 38.8 Å².